The Balaban J connectivity index is 0.000000814. The van der Waals surface area contributed by atoms with E-state index in [-0.39, 0.29) is 0 Å². The Kier molecular flexibility index (Phi) is 4.32. The maximum Gasteiger partial charge on any atom is 0.0813 e. The van der Waals surface area contributed by atoms with Crippen LogP contribution in [0.4, 0.5) is 0 Å². The molecule has 0 unspecified atom stereocenters. The molecule has 0 saturated heterocycles. The van der Waals surface area contributed by atoms with Crippen LogP contribution in [-0.2, 0) is 0 Å². The summed E-state index contributed by atoms with van der Waals surface area (Å²) in [6.07, 6.45) is 9.30. The normalized spacial score (nSPS) is 11.3. The number of nitrogens with zero attached hydrogens (tertiary/aromatic N) is 2. The molecule has 0 bridgehead atoms. The maximum atomic E-state index is 4.31. The van der Waals surface area contributed by atoms with Gasteiger partial charge in [0.1, 0.15) is 0 Å². The molecule has 126 valence electrons. The first-order chi connectivity index (χ1) is 12.9. The third-order valence-corrected chi connectivity index (χ3v) is 4.58. The molecule has 5 aromatic rings. The molecule has 0 radical (unpaired) electrons. The van der Waals surface area contributed by atoms with Crippen LogP contribution in [0.25, 0.3) is 44.5 Å². The Morgan fingerprint density at radius 3 is 2.12 bits per heavy atom. The van der Waals surface area contributed by atoms with Crippen LogP contribution in [0.3, 0.4) is 0 Å². The highest BCUT2D eigenvalue weighted by Crippen LogP contribution is 2.36. The van der Waals surface area contributed by atoms with E-state index in [1.807, 2.05) is 19.9 Å². The van der Waals surface area contributed by atoms with Crippen molar-refractivity contribution in [3.8, 4) is 0 Å². The van der Waals surface area contributed by atoms with Crippen LogP contribution < -0.4 is 0 Å². The van der Waals surface area contributed by atoms with Crippen LogP contribution >= 0.6 is 0 Å². The number of hydrogen-bond donors (Lipinski definition) is 0. The summed E-state index contributed by atoms with van der Waals surface area (Å²) in [5, 5.41) is 7.83. The van der Waals surface area contributed by atoms with Gasteiger partial charge in [0.2, 0.25) is 0 Å². The van der Waals surface area contributed by atoms with Crippen molar-refractivity contribution in [2.45, 2.75) is 13.8 Å². The molecular formula is C24H20N2. The zero-order valence-corrected chi connectivity index (χ0v) is 15.0. The molecule has 0 aliphatic heterocycles. The standard InChI is InChI=1S/C22H14N2.C2H6/c1-2-16-6-7-18-5-4-15(8-10-19-14-23-12-13-24-19)20-11-9-17(3-1)21(16)22(18)20;1-2/h1-14H;1-2H3. The minimum atomic E-state index is 0.864. The molecule has 5 rings (SSSR count). The van der Waals surface area contributed by atoms with E-state index in [0.29, 0.717) is 0 Å². The first-order valence-corrected chi connectivity index (χ1v) is 9.01. The molecule has 4 aromatic carbocycles. The van der Waals surface area contributed by atoms with Crippen molar-refractivity contribution >= 4 is 44.5 Å². The van der Waals surface area contributed by atoms with Crippen molar-refractivity contribution in [3.05, 3.63) is 84.4 Å². The molecule has 0 amide bonds. The van der Waals surface area contributed by atoms with Gasteiger partial charge in [0.25, 0.3) is 0 Å². The molecule has 1 aromatic heterocycles. The Hall–Kier alpha value is -3.26. The second kappa shape index (κ2) is 6.93. The SMILES string of the molecule is C(=Cc1ccc2ccc3cccc4ccc1c2c34)c1cnccn1.CC. The Morgan fingerprint density at radius 2 is 1.38 bits per heavy atom. The van der Waals surface area contributed by atoms with Gasteiger partial charge < -0.3 is 0 Å². The lowest BCUT2D eigenvalue weighted by Gasteiger charge is -2.12. The molecule has 2 nitrogen and oxygen atoms in total. The van der Waals surface area contributed by atoms with E-state index in [2.05, 4.69) is 70.6 Å². The van der Waals surface area contributed by atoms with Gasteiger partial charge >= 0.3 is 0 Å². The molecule has 26 heavy (non-hydrogen) atoms. The molecule has 0 fully saturated rings. The lowest BCUT2D eigenvalue weighted by molar-refractivity contribution is 1.18. The number of benzene rings is 4. The molecule has 0 aliphatic carbocycles. The highest BCUT2D eigenvalue weighted by Gasteiger charge is 2.09. The zero-order chi connectivity index (χ0) is 17.9. The summed E-state index contributed by atoms with van der Waals surface area (Å²) in [6, 6.07) is 19.7. The van der Waals surface area contributed by atoms with E-state index in [0.717, 1.165) is 5.69 Å². The average molecular weight is 336 g/mol. The molecule has 0 saturated carbocycles. The van der Waals surface area contributed by atoms with Crippen LogP contribution in [0.1, 0.15) is 25.1 Å². The monoisotopic (exact) mass is 336 g/mol. The fourth-order valence-electron chi connectivity index (χ4n) is 3.48. The van der Waals surface area contributed by atoms with Crippen LogP contribution in [0, 0.1) is 0 Å². The topological polar surface area (TPSA) is 25.8 Å². The summed E-state index contributed by atoms with van der Waals surface area (Å²) in [7, 11) is 0. The van der Waals surface area contributed by atoms with Crippen LogP contribution in [0.5, 0.6) is 0 Å². The second-order valence-electron chi connectivity index (χ2n) is 5.97. The van der Waals surface area contributed by atoms with Gasteiger partial charge in [-0.2, -0.15) is 0 Å². The van der Waals surface area contributed by atoms with Gasteiger partial charge in [-0.1, -0.05) is 74.5 Å². The van der Waals surface area contributed by atoms with Gasteiger partial charge in [-0.3, -0.25) is 9.97 Å². The summed E-state index contributed by atoms with van der Waals surface area (Å²) in [6.45, 7) is 4.00. The van der Waals surface area contributed by atoms with Crippen LogP contribution in [0.15, 0.2) is 73.2 Å². The fraction of sp³-hybridized carbons (Fsp3) is 0.0833. The molecule has 0 aliphatic rings. The van der Waals surface area contributed by atoms with E-state index in [1.54, 1.807) is 18.6 Å². The van der Waals surface area contributed by atoms with Crippen molar-refractivity contribution in [1.82, 2.24) is 9.97 Å². The largest absolute Gasteiger partial charge is 0.261 e. The van der Waals surface area contributed by atoms with Crippen molar-refractivity contribution in [2.24, 2.45) is 0 Å². The van der Waals surface area contributed by atoms with Crippen LogP contribution in [-0.4, -0.2) is 9.97 Å². The van der Waals surface area contributed by atoms with E-state index in [4.69, 9.17) is 0 Å². The first kappa shape index (κ1) is 16.2. The van der Waals surface area contributed by atoms with Gasteiger partial charge in [0.15, 0.2) is 0 Å². The van der Waals surface area contributed by atoms with Crippen molar-refractivity contribution in [2.75, 3.05) is 0 Å². The second-order valence-corrected chi connectivity index (χ2v) is 5.97. The number of hydrogen-bond acceptors (Lipinski definition) is 2. The molecule has 1 heterocycles. The smallest absolute Gasteiger partial charge is 0.0813 e. The van der Waals surface area contributed by atoms with Gasteiger partial charge in [0, 0.05) is 12.4 Å². The van der Waals surface area contributed by atoms with E-state index in [9.17, 15) is 0 Å². The quantitative estimate of drug-likeness (QED) is 0.341. The van der Waals surface area contributed by atoms with Gasteiger partial charge in [-0.05, 0) is 44.0 Å². The summed E-state index contributed by atoms with van der Waals surface area (Å²) in [5.74, 6) is 0. The Bertz CT molecular complexity index is 1170. The van der Waals surface area contributed by atoms with Crippen molar-refractivity contribution in [1.29, 1.82) is 0 Å². The third kappa shape index (κ3) is 2.70. The lowest BCUT2D eigenvalue weighted by atomic mass is 9.92. The predicted octanol–water partition coefficient (Wildman–Crippen LogP) is 6.57. The summed E-state index contributed by atoms with van der Waals surface area (Å²) < 4.78 is 0. The van der Waals surface area contributed by atoms with Gasteiger partial charge in [-0.25, -0.2) is 0 Å². The molecule has 2 heteroatoms. The van der Waals surface area contributed by atoms with E-state index < -0.39 is 0 Å². The van der Waals surface area contributed by atoms with Crippen molar-refractivity contribution < 1.29 is 0 Å². The molecular weight excluding hydrogens is 316 g/mol. The minimum Gasteiger partial charge on any atom is -0.261 e. The summed E-state index contributed by atoms with van der Waals surface area (Å²) in [5.41, 5.74) is 2.06. The molecule has 0 spiro atoms. The molecule has 0 N–H and O–H groups in total. The minimum absolute atomic E-state index is 0.864. The maximum absolute atomic E-state index is 4.31. The predicted molar refractivity (Wildman–Crippen MR) is 112 cm³/mol. The molecule has 0 atom stereocenters. The van der Waals surface area contributed by atoms with Crippen LogP contribution in [0.2, 0.25) is 0 Å². The van der Waals surface area contributed by atoms with Crippen molar-refractivity contribution in [3.63, 3.8) is 0 Å². The number of rotatable bonds is 2. The fourth-order valence-corrected chi connectivity index (χ4v) is 3.48. The zero-order valence-electron chi connectivity index (χ0n) is 15.0. The lowest BCUT2D eigenvalue weighted by Crippen LogP contribution is -1.86. The third-order valence-electron chi connectivity index (χ3n) is 4.58. The van der Waals surface area contributed by atoms with Gasteiger partial charge in [-0.15, -0.1) is 0 Å². The Morgan fingerprint density at radius 1 is 0.692 bits per heavy atom. The number of aromatic nitrogens is 2. The highest BCUT2D eigenvalue weighted by molar-refractivity contribution is 6.24. The summed E-state index contributed by atoms with van der Waals surface area (Å²) in [4.78, 5) is 8.42. The average Bonchev–Trinajstić information content (AvgIpc) is 2.73. The highest BCUT2D eigenvalue weighted by atomic mass is 14.7. The van der Waals surface area contributed by atoms with E-state index >= 15 is 0 Å². The Labute approximate surface area is 153 Å². The van der Waals surface area contributed by atoms with Gasteiger partial charge in [0.05, 0.1) is 11.9 Å². The van der Waals surface area contributed by atoms with E-state index in [1.165, 1.54) is 37.9 Å². The summed E-state index contributed by atoms with van der Waals surface area (Å²) >= 11 is 0. The first-order valence-electron chi connectivity index (χ1n) is 9.01.